The van der Waals surface area contributed by atoms with Crippen LogP contribution in [0.4, 0.5) is 9.18 Å². The number of urea groups is 1. The highest BCUT2D eigenvalue weighted by molar-refractivity contribution is 5.79. The highest BCUT2D eigenvalue weighted by Crippen LogP contribution is 2.57. The number of hydrogen-bond donors (Lipinski definition) is 1. The first-order chi connectivity index (χ1) is 15.1. The largest absolute Gasteiger partial charge is 0.366 e. The van der Waals surface area contributed by atoms with Crippen molar-refractivity contribution >= 4 is 11.9 Å². The maximum atomic E-state index is 13.1. The van der Waals surface area contributed by atoms with Gasteiger partial charge in [-0.1, -0.05) is 0 Å². The number of nitrogens with one attached hydrogen (secondary N) is 1. The first-order valence-electron chi connectivity index (χ1n) is 10.8. The SMILES string of the molecule is O=C1CO[C@H]2CCN(C(=O)N3C[C@@H]4C(c5ccn(-c6ccc(F)cc6)n5)[C@@H]4C3)C[C@H]2N1. The van der Waals surface area contributed by atoms with Gasteiger partial charge >= 0.3 is 6.03 Å². The number of carbonyl (C=O) groups excluding carboxylic acids is 2. The molecule has 162 valence electrons. The van der Waals surface area contributed by atoms with E-state index in [0.29, 0.717) is 30.8 Å². The van der Waals surface area contributed by atoms with Gasteiger partial charge in [-0.05, 0) is 48.6 Å². The van der Waals surface area contributed by atoms with E-state index in [1.165, 1.54) is 12.1 Å². The number of nitrogens with zero attached hydrogens (tertiary/aromatic N) is 4. The van der Waals surface area contributed by atoms with E-state index in [2.05, 4.69) is 5.32 Å². The maximum absolute atomic E-state index is 13.1. The predicted octanol–water partition coefficient (Wildman–Crippen LogP) is 1.37. The number of halogens is 1. The zero-order valence-electron chi connectivity index (χ0n) is 17.0. The topological polar surface area (TPSA) is 79.7 Å². The normalized spacial score (nSPS) is 31.8. The summed E-state index contributed by atoms with van der Waals surface area (Å²) in [6.45, 7) is 2.76. The number of benzene rings is 1. The maximum Gasteiger partial charge on any atom is 0.320 e. The van der Waals surface area contributed by atoms with E-state index in [1.807, 2.05) is 22.1 Å². The average Bonchev–Trinajstić information content (AvgIpc) is 3.13. The van der Waals surface area contributed by atoms with E-state index in [4.69, 9.17) is 9.84 Å². The molecule has 1 unspecified atom stereocenters. The minimum atomic E-state index is -0.264. The van der Waals surface area contributed by atoms with Crippen LogP contribution >= 0.6 is 0 Å². The van der Waals surface area contributed by atoms with Gasteiger partial charge < -0.3 is 19.9 Å². The smallest absolute Gasteiger partial charge is 0.320 e. The molecule has 0 bridgehead atoms. The summed E-state index contributed by atoms with van der Waals surface area (Å²) in [6, 6.07) is 8.25. The van der Waals surface area contributed by atoms with Crippen LogP contribution in [-0.2, 0) is 9.53 Å². The summed E-state index contributed by atoms with van der Waals surface area (Å²) in [4.78, 5) is 28.4. The second-order valence-corrected chi connectivity index (χ2v) is 8.96. The number of piperidine rings is 2. The summed E-state index contributed by atoms with van der Waals surface area (Å²) in [6.07, 6.45) is 2.67. The zero-order chi connectivity index (χ0) is 21.1. The Morgan fingerprint density at radius 3 is 2.65 bits per heavy atom. The molecular formula is C22H24FN5O3. The molecule has 6 rings (SSSR count). The summed E-state index contributed by atoms with van der Waals surface area (Å²) in [5.74, 6) is 0.884. The van der Waals surface area contributed by atoms with Crippen molar-refractivity contribution in [3.8, 4) is 5.69 Å². The predicted molar refractivity (Wildman–Crippen MR) is 108 cm³/mol. The lowest BCUT2D eigenvalue weighted by atomic mass is 10.0. The summed E-state index contributed by atoms with van der Waals surface area (Å²) in [7, 11) is 0. The van der Waals surface area contributed by atoms with Crippen molar-refractivity contribution in [2.75, 3.05) is 32.8 Å². The highest BCUT2D eigenvalue weighted by atomic mass is 19.1. The van der Waals surface area contributed by atoms with Crippen molar-refractivity contribution in [2.24, 2.45) is 11.8 Å². The number of amides is 3. The number of fused-ring (bicyclic) bond motifs is 2. The average molecular weight is 425 g/mol. The minimum Gasteiger partial charge on any atom is -0.366 e. The van der Waals surface area contributed by atoms with E-state index >= 15 is 0 Å². The van der Waals surface area contributed by atoms with Gasteiger partial charge in [0, 0.05) is 38.3 Å². The molecule has 3 aliphatic heterocycles. The van der Waals surface area contributed by atoms with Crippen molar-refractivity contribution in [1.29, 1.82) is 0 Å². The van der Waals surface area contributed by atoms with Crippen LogP contribution in [0.25, 0.3) is 5.69 Å². The Morgan fingerprint density at radius 1 is 1.10 bits per heavy atom. The lowest BCUT2D eigenvalue weighted by Gasteiger charge is -2.42. The Balaban J connectivity index is 1.07. The molecule has 4 heterocycles. The molecule has 1 N–H and O–H groups in total. The molecule has 4 aliphatic rings. The molecule has 0 spiro atoms. The van der Waals surface area contributed by atoms with E-state index in [9.17, 15) is 14.0 Å². The third-order valence-corrected chi connectivity index (χ3v) is 7.10. The van der Waals surface area contributed by atoms with Gasteiger partial charge in [0.25, 0.3) is 0 Å². The zero-order valence-corrected chi connectivity index (χ0v) is 17.0. The van der Waals surface area contributed by atoms with Gasteiger partial charge in [-0.3, -0.25) is 4.79 Å². The number of rotatable bonds is 2. The number of morpholine rings is 1. The molecular weight excluding hydrogens is 401 g/mol. The van der Waals surface area contributed by atoms with Crippen LogP contribution in [0.3, 0.4) is 0 Å². The molecule has 2 aromatic rings. The van der Waals surface area contributed by atoms with Gasteiger partial charge in [0.2, 0.25) is 5.91 Å². The Hall–Kier alpha value is -2.94. The van der Waals surface area contributed by atoms with Gasteiger partial charge in [0.05, 0.1) is 23.5 Å². The molecule has 1 aromatic heterocycles. The minimum absolute atomic E-state index is 0.00864. The summed E-state index contributed by atoms with van der Waals surface area (Å²) in [5.41, 5.74) is 1.87. The van der Waals surface area contributed by atoms with Crippen LogP contribution in [0.15, 0.2) is 36.5 Å². The number of likely N-dealkylation sites (tertiary alicyclic amines) is 2. The molecule has 4 fully saturated rings. The van der Waals surface area contributed by atoms with Crippen molar-refractivity contribution in [1.82, 2.24) is 24.9 Å². The van der Waals surface area contributed by atoms with Gasteiger partial charge in [-0.2, -0.15) is 5.10 Å². The van der Waals surface area contributed by atoms with Crippen LogP contribution in [0, 0.1) is 17.7 Å². The summed E-state index contributed by atoms with van der Waals surface area (Å²) < 4.78 is 20.5. The molecule has 5 atom stereocenters. The summed E-state index contributed by atoms with van der Waals surface area (Å²) in [5, 5.41) is 7.64. The quantitative estimate of drug-likeness (QED) is 0.788. The van der Waals surface area contributed by atoms with E-state index in [0.717, 1.165) is 30.9 Å². The fourth-order valence-corrected chi connectivity index (χ4v) is 5.45. The lowest BCUT2D eigenvalue weighted by molar-refractivity contribution is -0.139. The van der Waals surface area contributed by atoms with Crippen molar-refractivity contribution in [3.05, 3.63) is 48.0 Å². The van der Waals surface area contributed by atoms with Crippen LogP contribution in [0.2, 0.25) is 0 Å². The Labute approximate surface area is 178 Å². The third-order valence-electron chi connectivity index (χ3n) is 7.10. The van der Waals surface area contributed by atoms with Crippen molar-refractivity contribution in [3.63, 3.8) is 0 Å². The second-order valence-electron chi connectivity index (χ2n) is 8.96. The Morgan fingerprint density at radius 2 is 1.87 bits per heavy atom. The molecule has 1 aromatic carbocycles. The highest BCUT2D eigenvalue weighted by Gasteiger charge is 2.58. The van der Waals surface area contributed by atoms with Crippen molar-refractivity contribution in [2.45, 2.75) is 24.5 Å². The number of aromatic nitrogens is 2. The number of ether oxygens (including phenoxy) is 1. The third kappa shape index (κ3) is 3.27. The number of hydrogen-bond acceptors (Lipinski definition) is 4. The van der Waals surface area contributed by atoms with Crippen molar-refractivity contribution < 1.29 is 18.7 Å². The first-order valence-corrected chi connectivity index (χ1v) is 10.8. The van der Waals surface area contributed by atoms with Crippen LogP contribution in [-0.4, -0.2) is 76.5 Å². The standard InChI is InChI=1S/C22H24FN5O3/c23-13-1-3-14(4-2-13)28-8-5-17(25-28)21-15-9-27(10-16(15)21)22(30)26-7-6-19-18(11-26)24-20(29)12-31-19/h1-5,8,15-16,18-19,21H,6-7,9-12H2,(H,24,29)/t15-,16+,18-,19+,21?/m1/s1. The molecule has 1 aliphatic carbocycles. The van der Waals surface area contributed by atoms with E-state index in [-0.39, 0.29) is 36.5 Å². The molecule has 3 saturated heterocycles. The first kappa shape index (κ1) is 18.8. The molecule has 31 heavy (non-hydrogen) atoms. The Bertz CT molecular complexity index is 1010. The molecule has 0 radical (unpaired) electrons. The van der Waals surface area contributed by atoms with E-state index in [1.54, 1.807) is 16.8 Å². The van der Waals surface area contributed by atoms with E-state index < -0.39 is 0 Å². The molecule has 1 saturated carbocycles. The fraction of sp³-hybridized carbons (Fsp3) is 0.500. The van der Waals surface area contributed by atoms with Crippen LogP contribution in [0.5, 0.6) is 0 Å². The van der Waals surface area contributed by atoms with Gasteiger partial charge in [0.15, 0.2) is 0 Å². The summed E-state index contributed by atoms with van der Waals surface area (Å²) >= 11 is 0. The van der Waals surface area contributed by atoms with Gasteiger partial charge in [-0.25, -0.2) is 13.9 Å². The fourth-order valence-electron chi connectivity index (χ4n) is 5.45. The van der Waals surface area contributed by atoms with Crippen LogP contribution in [0.1, 0.15) is 18.0 Å². The molecule has 3 amide bonds. The second kappa shape index (κ2) is 7.05. The Kier molecular flexibility index (Phi) is 4.27. The monoisotopic (exact) mass is 425 g/mol. The molecule has 8 nitrogen and oxygen atoms in total. The van der Waals surface area contributed by atoms with Crippen LogP contribution < -0.4 is 5.32 Å². The van der Waals surface area contributed by atoms with Gasteiger partial charge in [-0.15, -0.1) is 0 Å². The number of carbonyl (C=O) groups is 2. The molecule has 9 heteroatoms. The lowest BCUT2D eigenvalue weighted by Crippen LogP contribution is -2.62. The van der Waals surface area contributed by atoms with Gasteiger partial charge in [0.1, 0.15) is 12.4 Å².